The van der Waals surface area contributed by atoms with Crippen LogP contribution in [0.15, 0.2) is 28.7 Å². The van der Waals surface area contributed by atoms with E-state index >= 15 is 0 Å². The van der Waals surface area contributed by atoms with Crippen LogP contribution in [0.3, 0.4) is 0 Å². The number of halogens is 1. The minimum absolute atomic E-state index is 0.276. The first-order chi connectivity index (χ1) is 5.24. The third kappa shape index (κ3) is 2.09. The molecule has 58 valence electrons. The topological polar surface area (TPSA) is 20.2 Å². The Labute approximate surface area is 74.5 Å². The summed E-state index contributed by atoms with van der Waals surface area (Å²) >= 11 is 3.23. The summed E-state index contributed by atoms with van der Waals surface area (Å²) in [7, 11) is 0. The molecule has 0 aliphatic carbocycles. The molecule has 1 aromatic rings. The highest BCUT2D eigenvalue weighted by molar-refractivity contribution is 9.10. The van der Waals surface area contributed by atoms with Crippen molar-refractivity contribution in [2.45, 2.75) is 6.92 Å². The van der Waals surface area contributed by atoms with Gasteiger partial charge in [0.2, 0.25) is 0 Å². The Morgan fingerprint density at radius 1 is 1.45 bits per heavy atom. The maximum Gasteiger partial charge on any atom is 0.129 e. The van der Waals surface area contributed by atoms with E-state index in [9.17, 15) is 0 Å². The number of hydrogen-bond acceptors (Lipinski definition) is 1. The van der Waals surface area contributed by atoms with Crippen LogP contribution in [-0.2, 0) is 0 Å². The van der Waals surface area contributed by atoms with Crippen molar-refractivity contribution >= 4 is 22.0 Å². The molecule has 0 aliphatic heterocycles. The van der Waals surface area contributed by atoms with Crippen LogP contribution in [0.1, 0.15) is 12.5 Å². The molecule has 11 heavy (non-hydrogen) atoms. The molecular formula is C9H9BrO. The molecule has 0 aliphatic rings. The predicted molar refractivity (Wildman–Crippen MR) is 50.5 cm³/mol. The first-order valence-electron chi connectivity index (χ1n) is 3.35. The quantitative estimate of drug-likeness (QED) is 0.759. The van der Waals surface area contributed by atoms with Crippen LogP contribution in [-0.4, -0.2) is 5.11 Å². The van der Waals surface area contributed by atoms with Crippen LogP contribution >= 0.6 is 15.9 Å². The Bertz CT molecular complexity index is 279. The average Bonchev–Trinajstić information content (AvgIpc) is 1.98. The Kier molecular flexibility index (Phi) is 2.71. The van der Waals surface area contributed by atoms with E-state index in [1.807, 2.05) is 31.2 Å². The van der Waals surface area contributed by atoms with E-state index in [0.717, 1.165) is 10.0 Å². The summed E-state index contributed by atoms with van der Waals surface area (Å²) < 4.78 is 0.730. The largest absolute Gasteiger partial charge is 0.507 e. The smallest absolute Gasteiger partial charge is 0.129 e. The van der Waals surface area contributed by atoms with Crippen molar-refractivity contribution in [2.24, 2.45) is 0 Å². The lowest BCUT2D eigenvalue weighted by molar-refractivity contribution is 0.472. The third-order valence-corrected chi connectivity index (χ3v) is 1.97. The standard InChI is InChI=1S/C9H9BrO/c1-2-3-7-4-5-9(11)8(10)6-7/h2-6,11H,1H3. The van der Waals surface area contributed by atoms with E-state index in [0.29, 0.717) is 0 Å². The van der Waals surface area contributed by atoms with E-state index in [1.54, 1.807) is 6.07 Å². The van der Waals surface area contributed by atoms with Gasteiger partial charge in [-0.1, -0.05) is 18.2 Å². The summed E-state index contributed by atoms with van der Waals surface area (Å²) in [4.78, 5) is 0. The summed E-state index contributed by atoms with van der Waals surface area (Å²) in [5, 5.41) is 9.14. The van der Waals surface area contributed by atoms with Crippen molar-refractivity contribution < 1.29 is 5.11 Å². The van der Waals surface area contributed by atoms with Crippen molar-refractivity contribution in [1.29, 1.82) is 0 Å². The number of rotatable bonds is 1. The van der Waals surface area contributed by atoms with Gasteiger partial charge in [-0.25, -0.2) is 0 Å². The van der Waals surface area contributed by atoms with Gasteiger partial charge in [-0.05, 0) is 40.5 Å². The summed E-state index contributed by atoms with van der Waals surface area (Å²) in [6.07, 6.45) is 3.93. The third-order valence-electron chi connectivity index (χ3n) is 1.33. The van der Waals surface area contributed by atoms with E-state index in [2.05, 4.69) is 15.9 Å². The van der Waals surface area contributed by atoms with Crippen molar-refractivity contribution in [1.82, 2.24) is 0 Å². The first-order valence-corrected chi connectivity index (χ1v) is 4.14. The molecule has 0 aromatic heterocycles. The van der Waals surface area contributed by atoms with Crippen LogP contribution in [0, 0.1) is 0 Å². The lowest BCUT2D eigenvalue weighted by atomic mass is 10.2. The average molecular weight is 213 g/mol. The second-order valence-corrected chi connectivity index (χ2v) is 3.07. The second kappa shape index (κ2) is 3.58. The van der Waals surface area contributed by atoms with Crippen molar-refractivity contribution in [3.8, 4) is 5.75 Å². The Morgan fingerprint density at radius 3 is 2.73 bits per heavy atom. The van der Waals surface area contributed by atoms with Gasteiger partial charge in [0.05, 0.1) is 4.47 Å². The summed E-state index contributed by atoms with van der Waals surface area (Å²) in [6.45, 7) is 1.96. The SMILES string of the molecule is CC=Cc1ccc(O)c(Br)c1. The Morgan fingerprint density at radius 2 is 2.18 bits per heavy atom. The number of phenols is 1. The fraction of sp³-hybridized carbons (Fsp3) is 0.111. The van der Waals surface area contributed by atoms with E-state index in [-0.39, 0.29) is 5.75 Å². The molecule has 0 heterocycles. The second-order valence-electron chi connectivity index (χ2n) is 2.21. The zero-order valence-corrected chi connectivity index (χ0v) is 7.80. The molecule has 0 atom stereocenters. The molecule has 0 unspecified atom stereocenters. The normalized spacial score (nSPS) is 10.7. The summed E-state index contributed by atoms with van der Waals surface area (Å²) in [5.74, 6) is 0.276. The van der Waals surface area contributed by atoms with Gasteiger partial charge in [-0.15, -0.1) is 0 Å². The zero-order valence-electron chi connectivity index (χ0n) is 6.21. The van der Waals surface area contributed by atoms with Gasteiger partial charge < -0.3 is 5.11 Å². The number of allylic oxidation sites excluding steroid dienone is 1. The summed E-state index contributed by atoms with van der Waals surface area (Å²) in [6, 6.07) is 5.40. The molecule has 0 radical (unpaired) electrons. The van der Waals surface area contributed by atoms with Crippen molar-refractivity contribution in [2.75, 3.05) is 0 Å². The number of aromatic hydroxyl groups is 1. The van der Waals surface area contributed by atoms with Crippen LogP contribution in [0.4, 0.5) is 0 Å². The Balaban J connectivity index is 3.05. The summed E-state index contributed by atoms with van der Waals surface area (Å²) in [5.41, 5.74) is 1.08. The molecule has 2 heteroatoms. The molecule has 1 N–H and O–H groups in total. The van der Waals surface area contributed by atoms with Crippen LogP contribution in [0.5, 0.6) is 5.75 Å². The van der Waals surface area contributed by atoms with Crippen LogP contribution < -0.4 is 0 Å². The lowest BCUT2D eigenvalue weighted by Crippen LogP contribution is -1.72. The molecule has 0 bridgehead atoms. The van der Waals surface area contributed by atoms with Gasteiger partial charge in [0.1, 0.15) is 5.75 Å². The fourth-order valence-electron chi connectivity index (χ4n) is 0.819. The highest BCUT2D eigenvalue weighted by Crippen LogP contribution is 2.24. The highest BCUT2D eigenvalue weighted by Gasteiger charge is 1.95. The molecule has 0 amide bonds. The van der Waals surface area contributed by atoms with Gasteiger partial charge in [0.25, 0.3) is 0 Å². The zero-order chi connectivity index (χ0) is 8.27. The highest BCUT2D eigenvalue weighted by atomic mass is 79.9. The van der Waals surface area contributed by atoms with Gasteiger partial charge in [-0.2, -0.15) is 0 Å². The lowest BCUT2D eigenvalue weighted by Gasteiger charge is -1.97. The molecule has 1 nitrogen and oxygen atoms in total. The number of phenolic OH excluding ortho intramolecular Hbond substituents is 1. The monoisotopic (exact) mass is 212 g/mol. The minimum Gasteiger partial charge on any atom is -0.507 e. The van der Waals surface area contributed by atoms with Crippen LogP contribution in [0.2, 0.25) is 0 Å². The maximum atomic E-state index is 9.14. The van der Waals surface area contributed by atoms with Gasteiger partial charge in [0, 0.05) is 0 Å². The molecule has 0 spiro atoms. The van der Waals surface area contributed by atoms with Gasteiger partial charge in [-0.3, -0.25) is 0 Å². The molecular weight excluding hydrogens is 204 g/mol. The minimum atomic E-state index is 0.276. The number of hydrogen-bond donors (Lipinski definition) is 1. The van der Waals surface area contributed by atoms with E-state index in [1.165, 1.54) is 0 Å². The van der Waals surface area contributed by atoms with Crippen LogP contribution in [0.25, 0.3) is 6.08 Å². The van der Waals surface area contributed by atoms with Gasteiger partial charge >= 0.3 is 0 Å². The first kappa shape index (κ1) is 8.34. The molecule has 0 fully saturated rings. The molecule has 1 aromatic carbocycles. The van der Waals surface area contributed by atoms with Crippen molar-refractivity contribution in [3.05, 3.63) is 34.3 Å². The van der Waals surface area contributed by atoms with E-state index < -0.39 is 0 Å². The maximum absolute atomic E-state index is 9.14. The van der Waals surface area contributed by atoms with E-state index in [4.69, 9.17) is 5.11 Å². The fourth-order valence-corrected chi connectivity index (χ4v) is 1.22. The van der Waals surface area contributed by atoms with Gasteiger partial charge in [0.15, 0.2) is 0 Å². The number of benzene rings is 1. The Hall–Kier alpha value is -0.760. The molecule has 1 rings (SSSR count). The van der Waals surface area contributed by atoms with Crippen molar-refractivity contribution in [3.63, 3.8) is 0 Å². The predicted octanol–water partition coefficient (Wildman–Crippen LogP) is 3.19. The molecule has 0 saturated carbocycles. The molecule has 0 saturated heterocycles.